The zero-order valence-corrected chi connectivity index (χ0v) is 12.1. The molecule has 6 heteroatoms. The number of nitrogens with one attached hydrogen (secondary N) is 2. The predicted octanol–water partition coefficient (Wildman–Crippen LogP) is 2.04. The molecule has 112 valence electrons. The maximum atomic E-state index is 11.7. The molecule has 22 heavy (non-hydrogen) atoms. The van der Waals surface area contributed by atoms with Crippen molar-refractivity contribution in [3.63, 3.8) is 0 Å². The van der Waals surface area contributed by atoms with Crippen LogP contribution in [0.4, 0.5) is 4.79 Å². The van der Waals surface area contributed by atoms with Crippen LogP contribution in [0.1, 0.15) is 5.56 Å². The molecule has 1 fully saturated rings. The Morgan fingerprint density at radius 1 is 1.00 bits per heavy atom. The highest BCUT2D eigenvalue weighted by atomic mass is 16.5. The summed E-state index contributed by atoms with van der Waals surface area (Å²) in [6, 6.07) is 8.84. The molecule has 1 saturated heterocycles. The molecular formula is C16H14N2O4. The molecule has 0 atom stereocenters. The van der Waals surface area contributed by atoms with Gasteiger partial charge in [-0.3, -0.25) is 10.1 Å². The van der Waals surface area contributed by atoms with Crippen molar-refractivity contribution >= 4 is 28.8 Å². The number of hydrogen-bond acceptors (Lipinski definition) is 4. The molecule has 1 heterocycles. The van der Waals surface area contributed by atoms with Crippen LogP contribution in [0.2, 0.25) is 0 Å². The summed E-state index contributed by atoms with van der Waals surface area (Å²) in [5, 5.41) is 6.48. The first-order valence-electron chi connectivity index (χ1n) is 6.61. The molecule has 0 aliphatic carbocycles. The summed E-state index contributed by atoms with van der Waals surface area (Å²) in [7, 11) is 3.14. The molecule has 1 aliphatic heterocycles. The molecular weight excluding hydrogens is 284 g/mol. The van der Waals surface area contributed by atoms with Crippen molar-refractivity contribution in [2.75, 3.05) is 14.2 Å². The molecule has 0 spiro atoms. The zero-order chi connectivity index (χ0) is 15.7. The van der Waals surface area contributed by atoms with Gasteiger partial charge >= 0.3 is 6.03 Å². The fourth-order valence-corrected chi connectivity index (χ4v) is 2.38. The van der Waals surface area contributed by atoms with Crippen LogP contribution < -0.4 is 20.1 Å². The van der Waals surface area contributed by atoms with Crippen LogP contribution in [-0.4, -0.2) is 26.2 Å². The van der Waals surface area contributed by atoms with E-state index in [2.05, 4.69) is 10.6 Å². The van der Waals surface area contributed by atoms with E-state index in [1.807, 2.05) is 30.3 Å². The van der Waals surface area contributed by atoms with E-state index in [0.717, 1.165) is 10.8 Å². The molecule has 0 radical (unpaired) electrons. The highest BCUT2D eigenvalue weighted by molar-refractivity contribution is 6.15. The molecule has 2 aromatic carbocycles. The first-order chi connectivity index (χ1) is 10.6. The SMILES string of the molecule is COc1ccc2ccc(OC)c(/C=C3\NC(=O)NC3=O)c2c1. The van der Waals surface area contributed by atoms with Crippen LogP contribution in [0, 0.1) is 0 Å². The Kier molecular flexibility index (Phi) is 3.42. The summed E-state index contributed by atoms with van der Waals surface area (Å²) in [6.07, 6.45) is 1.60. The third-order valence-corrected chi connectivity index (χ3v) is 3.46. The second-order valence-electron chi connectivity index (χ2n) is 4.73. The lowest BCUT2D eigenvalue weighted by atomic mass is 10.0. The summed E-state index contributed by atoms with van der Waals surface area (Å²) in [5.74, 6) is 0.828. The minimum absolute atomic E-state index is 0.179. The number of rotatable bonds is 3. The van der Waals surface area contributed by atoms with Crippen molar-refractivity contribution in [3.8, 4) is 11.5 Å². The third kappa shape index (κ3) is 2.35. The molecule has 0 unspecified atom stereocenters. The van der Waals surface area contributed by atoms with Crippen LogP contribution in [0.15, 0.2) is 36.0 Å². The van der Waals surface area contributed by atoms with E-state index in [0.29, 0.717) is 17.1 Å². The van der Waals surface area contributed by atoms with E-state index >= 15 is 0 Å². The monoisotopic (exact) mass is 298 g/mol. The Labute approximate surface area is 126 Å². The molecule has 3 amide bonds. The number of fused-ring (bicyclic) bond motifs is 1. The molecule has 0 aromatic heterocycles. The molecule has 2 N–H and O–H groups in total. The standard InChI is InChI=1S/C16H14N2O4/c1-21-10-5-3-9-4-6-14(22-2)12(11(9)7-10)8-13-15(19)18-16(20)17-13/h3-8H,1-2H3,(H2,17,18,19,20)/b13-8-. The Hall–Kier alpha value is -3.02. The number of ether oxygens (including phenoxy) is 2. The van der Waals surface area contributed by atoms with Gasteiger partial charge in [-0.1, -0.05) is 12.1 Å². The summed E-state index contributed by atoms with van der Waals surface area (Å²) >= 11 is 0. The van der Waals surface area contributed by atoms with Crippen molar-refractivity contribution in [1.82, 2.24) is 10.6 Å². The number of carbonyl (C=O) groups is 2. The summed E-state index contributed by atoms with van der Waals surface area (Å²) in [4.78, 5) is 23.0. The van der Waals surface area contributed by atoms with Crippen LogP contribution in [-0.2, 0) is 4.79 Å². The van der Waals surface area contributed by atoms with Gasteiger partial charge in [0.05, 0.1) is 14.2 Å². The van der Waals surface area contributed by atoms with E-state index in [1.165, 1.54) is 0 Å². The minimum Gasteiger partial charge on any atom is -0.497 e. The van der Waals surface area contributed by atoms with E-state index in [1.54, 1.807) is 20.3 Å². The Morgan fingerprint density at radius 2 is 1.77 bits per heavy atom. The number of hydrogen-bond donors (Lipinski definition) is 2. The van der Waals surface area contributed by atoms with Gasteiger partial charge in [0.2, 0.25) is 0 Å². The summed E-state index contributed by atoms with van der Waals surface area (Å²) < 4.78 is 10.6. The van der Waals surface area contributed by atoms with Crippen molar-refractivity contribution in [2.24, 2.45) is 0 Å². The van der Waals surface area contributed by atoms with E-state index in [4.69, 9.17) is 9.47 Å². The average molecular weight is 298 g/mol. The van der Waals surface area contributed by atoms with Gasteiger partial charge in [0, 0.05) is 5.56 Å². The fraction of sp³-hybridized carbons (Fsp3) is 0.125. The number of benzene rings is 2. The van der Waals surface area contributed by atoms with Gasteiger partial charge in [-0.05, 0) is 35.0 Å². The lowest BCUT2D eigenvalue weighted by Crippen LogP contribution is -2.22. The molecule has 2 aromatic rings. The second kappa shape index (κ2) is 5.40. The first-order valence-corrected chi connectivity index (χ1v) is 6.61. The minimum atomic E-state index is -0.534. The lowest BCUT2D eigenvalue weighted by molar-refractivity contribution is -0.115. The predicted molar refractivity (Wildman–Crippen MR) is 81.7 cm³/mol. The molecule has 0 saturated carbocycles. The van der Waals surface area contributed by atoms with E-state index in [9.17, 15) is 9.59 Å². The summed E-state index contributed by atoms with van der Waals surface area (Å²) in [6.45, 7) is 0. The molecule has 0 bridgehead atoms. The Morgan fingerprint density at radius 3 is 2.41 bits per heavy atom. The highest BCUT2D eigenvalue weighted by Crippen LogP contribution is 2.32. The van der Waals surface area contributed by atoms with Crippen molar-refractivity contribution in [1.29, 1.82) is 0 Å². The second-order valence-corrected chi connectivity index (χ2v) is 4.73. The number of urea groups is 1. The molecule has 3 rings (SSSR count). The third-order valence-electron chi connectivity index (χ3n) is 3.46. The van der Waals surface area contributed by atoms with Gasteiger partial charge in [0.25, 0.3) is 5.91 Å². The van der Waals surface area contributed by atoms with Crippen molar-refractivity contribution in [3.05, 3.63) is 41.6 Å². The molecule has 1 aliphatic rings. The van der Waals surface area contributed by atoms with E-state index < -0.39 is 11.9 Å². The number of methoxy groups -OCH3 is 2. The van der Waals surface area contributed by atoms with Gasteiger partial charge in [-0.25, -0.2) is 4.79 Å². The van der Waals surface area contributed by atoms with Crippen LogP contribution in [0.25, 0.3) is 16.8 Å². The van der Waals surface area contributed by atoms with Crippen LogP contribution in [0.3, 0.4) is 0 Å². The van der Waals surface area contributed by atoms with Crippen LogP contribution in [0.5, 0.6) is 11.5 Å². The van der Waals surface area contributed by atoms with E-state index in [-0.39, 0.29) is 5.70 Å². The normalized spacial score (nSPS) is 15.8. The number of carbonyl (C=O) groups excluding carboxylic acids is 2. The zero-order valence-electron chi connectivity index (χ0n) is 12.1. The van der Waals surface area contributed by atoms with Gasteiger partial charge in [-0.15, -0.1) is 0 Å². The Balaban J connectivity index is 2.23. The number of imide groups is 1. The van der Waals surface area contributed by atoms with Crippen molar-refractivity contribution in [2.45, 2.75) is 0 Å². The summed E-state index contributed by atoms with van der Waals surface area (Å²) in [5.41, 5.74) is 0.880. The molecule has 6 nitrogen and oxygen atoms in total. The van der Waals surface area contributed by atoms with Crippen molar-refractivity contribution < 1.29 is 19.1 Å². The van der Waals surface area contributed by atoms with Gasteiger partial charge in [0.15, 0.2) is 0 Å². The van der Waals surface area contributed by atoms with Crippen LogP contribution >= 0.6 is 0 Å². The number of amides is 3. The Bertz CT molecular complexity index is 806. The topological polar surface area (TPSA) is 76.7 Å². The van der Waals surface area contributed by atoms with Gasteiger partial charge in [-0.2, -0.15) is 0 Å². The lowest BCUT2D eigenvalue weighted by Gasteiger charge is -2.11. The average Bonchev–Trinajstić information content (AvgIpc) is 2.84. The smallest absolute Gasteiger partial charge is 0.326 e. The largest absolute Gasteiger partial charge is 0.497 e. The maximum absolute atomic E-state index is 11.7. The highest BCUT2D eigenvalue weighted by Gasteiger charge is 2.23. The quantitative estimate of drug-likeness (QED) is 0.671. The van der Waals surface area contributed by atoms with Gasteiger partial charge in [0.1, 0.15) is 17.2 Å². The maximum Gasteiger partial charge on any atom is 0.326 e. The fourth-order valence-electron chi connectivity index (χ4n) is 2.38. The van der Waals surface area contributed by atoms with Gasteiger partial charge < -0.3 is 14.8 Å². The first kappa shape index (κ1) is 13.9.